The van der Waals surface area contributed by atoms with Crippen molar-refractivity contribution in [1.82, 2.24) is 10.2 Å². The topological polar surface area (TPSA) is 24.5 Å². The molecule has 1 N–H and O–H groups in total. The molecule has 1 aromatic carbocycles. The zero-order chi connectivity index (χ0) is 13.9. The highest BCUT2D eigenvalue weighted by Gasteiger charge is 2.31. The van der Waals surface area contributed by atoms with Crippen molar-refractivity contribution in [3.63, 3.8) is 0 Å². The number of rotatable bonds is 5. The summed E-state index contributed by atoms with van der Waals surface area (Å²) >= 11 is 0. The van der Waals surface area contributed by atoms with Crippen LogP contribution in [0.4, 0.5) is 0 Å². The molecule has 110 valence electrons. The van der Waals surface area contributed by atoms with Crippen molar-refractivity contribution in [2.24, 2.45) is 0 Å². The van der Waals surface area contributed by atoms with Gasteiger partial charge in [0, 0.05) is 25.2 Å². The lowest BCUT2D eigenvalue weighted by atomic mass is 9.86. The molecule has 20 heavy (non-hydrogen) atoms. The van der Waals surface area contributed by atoms with Gasteiger partial charge in [0.25, 0.3) is 0 Å². The number of hydrogen-bond donors (Lipinski definition) is 1. The molecule has 0 aromatic heterocycles. The molecule has 1 aromatic rings. The minimum atomic E-state index is 0.710. The van der Waals surface area contributed by atoms with E-state index < -0.39 is 0 Å². The Bertz CT molecular complexity index is 456. The Morgan fingerprint density at radius 1 is 1.25 bits per heavy atom. The lowest BCUT2D eigenvalue weighted by molar-refractivity contribution is 0.0862. The molecule has 1 saturated heterocycles. The van der Waals surface area contributed by atoms with E-state index in [2.05, 4.69) is 35.3 Å². The molecule has 0 saturated carbocycles. The normalized spacial score (nSPS) is 22.4. The van der Waals surface area contributed by atoms with E-state index >= 15 is 0 Å². The summed E-state index contributed by atoms with van der Waals surface area (Å²) in [5.74, 6) is 0.997. The van der Waals surface area contributed by atoms with Crippen LogP contribution in [0.5, 0.6) is 5.75 Å². The Morgan fingerprint density at radius 2 is 2.10 bits per heavy atom. The van der Waals surface area contributed by atoms with Crippen LogP contribution in [0.15, 0.2) is 18.2 Å². The maximum atomic E-state index is 5.38. The molecule has 0 amide bonds. The summed E-state index contributed by atoms with van der Waals surface area (Å²) in [6.45, 7) is 5.86. The molecule has 1 aliphatic carbocycles. The lowest BCUT2D eigenvalue weighted by Crippen LogP contribution is -2.60. The van der Waals surface area contributed by atoms with Gasteiger partial charge in [-0.25, -0.2) is 0 Å². The Hall–Kier alpha value is -1.06. The SMILES string of the molecule is CCCN(C1CNC1)C1CCc2ccc(OC)cc2C1. The average molecular weight is 274 g/mol. The zero-order valence-electron chi connectivity index (χ0n) is 12.7. The van der Waals surface area contributed by atoms with Crippen LogP contribution in [0.3, 0.4) is 0 Å². The average Bonchev–Trinajstić information content (AvgIpc) is 2.43. The van der Waals surface area contributed by atoms with E-state index in [-0.39, 0.29) is 0 Å². The lowest BCUT2D eigenvalue weighted by Gasteiger charge is -2.44. The fourth-order valence-corrected chi connectivity index (χ4v) is 3.55. The monoisotopic (exact) mass is 274 g/mol. The van der Waals surface area contributed by atoms with Crippen LogP contribution >= 0.6 is 0 Å². The molecule has 0 spiro atoms. The van der Waals surface area contributed by atoms with Crippen LogP contribution in [0.2, 0.25) is 0 Å². The number of benzene rings is 1. The first-order chi connectivity index (χ1) is 9.81. The smallest absolute Gasteiger partial charge is 0.119 e. The highest BCUT2D eigenvalue weighted by Crippen LogP contribution is 2.29. The maximum absolute atomic E-state index is 5.38. The molecular formula is C17H26N2O. The van der Waals surface area contributed by atoms with Gasteiger partial charge in [0.15, 0.2) is 0 Å². The summed E-state index contributed by atoms with van der Waals surface area (Å²) in [6.07, 6.45) is 4.95. The number of nitrogens with zero attached hydrogens (tertiary/aromatic N) is 1. The summed E-state index contributed by atoms with van der Waals surface area (Å²) in [4.78, 5) is 2.75. The number of nitrogens with one attached hydrogen (secondary N) is 1. The highest BCUT2D eigenvalue weighted by molar-refractivity contribution is 5.38. The largest absolute Gasteiger partial charge is 0.497 e. The highest BCUT2D eigenvalue weighted by atomic mass is 16.5. The second-order valence-electron chi connectivity index (χ2n) is 6.08. The number of hydrogen-bond acceptors (Lipinski definition) is 3. The van der Waals surface area contributed by atoms with E-state index in [4.69, 9.17) is 4.74 Å². The van der Waals surface area contributed by atoms with Gasteiger partial charge in [-0.1, -0.05) is 13.0 Å². The van der Waals surface area contributed by atoms with Crippen LogP contribution in [-0.4, -0.2) is 43.7 Å². The summed E-state index contributed by atoms with van der Waals surface area (Å²) in [5, 5.41) is 3.41. The van der Waals surface area contributed by atoms with Gasteiger partial charge in [-0.3, -0.25) is 4.90 Å². The van der Waals surface area contributed by atoms with Gasteiger partial charge in [-0.05, 0) is 55.5 Å². The van der Waals surface area contributed by atoms with Crippen molar-refractivity contribution < 1.29 is 4.74 Å². The first-order valence-corrected chi connectivity index (χ1v) is 7.94. The predicted molar refractivity (Wildman–Crippen MR) is 82.5 cm³/mol. The minimum absolute atomic E-state index is 0.710. The van der Waals surface area contributed by atoms with E-state index in [0.717, 1.165) is 11.8 Å². The third kappa shape index (κ3) is 2.70. The predicted octanol–water partition coefficient (Wildman–Crippen LogP) is 2.24. The Labute approximate surface area is 122 Å². The summed E-state index contributed by atoms with van der Waals surface area (Å²) < 4.78 is 5.38. The first-order valence-electron chi connectivity index (χ1n) is 7.94. The van der Waals surface area contributed by atoms with Crippen molar-refractivity contribution in [2.45, 2.75) is 44.7 Å². The molecule has 0 radical (unpaired) electrons. The molecule has 1 fully saturated rings. The second-order valence-corrected chi connectivity index (χ2v) is 6.08. The molecule has 1 heterocycles. The van der Waals surface area contributed by atoms with Gasteiger partial charge in [0.2, 0.25) is 0 Å². The van der Waals surface area contributed by atoms with Crippen molar-refractivity contribution in [1.29, 1.82) is 0 Å². The Balaban J connectivity index is 1.75. The van der Waals surface area contributed by atoms with E-state index in [9.17, 15) is 0 Å². The van der Waals surface area contributed by atoms with Crippen molar-refractivity contribution in [2.75, 3.05) is 26.7 Å². The summed E-state index contributed by atoms with van der Waals surface area (Å²) in [6, 6.07) is 8.05. The van der Waals surface area contributed by atoms with Gasteiger partial charge in [-0.2, -0.15) is 0 Å². The number of methoxy groups -OCH3 is 1. The van der Waals surface area contributed by atoms with Crippen molar-refractivity contribution in [3.05, 3.63) is 29.3 Å². The molecule has 0 bridgehead atoms. The summed E-state index contributed by atoms with van der Waals surface area (Å²) in [7, 11) is 1.76. The Morgan fingerprint density at radius 3 is 2.75 bits per heavy atom. The van der Waals surface area contributed by atoms with Crippen LogP contribution < -0.4 is 10.1 Å². The fourth-order valence-electron chi connectivity index (χ4n) is 3.55. The maximum Gasteiger partial charge on any atom is 0.119 e. The van der Waals surface area contributed by atoms with E-state index in [1.54, 1.807) is 7.11 Å². The van der Waals surface area contributed by atoms with E-state index in [0.29, 0.717) is 6.04 Å². The van der Waals surface area contributed by atoms with Gasteiger partial charge in [0.1, 0.15) is 5.75 Å². The Kier molecular flexibility index (Phi) is 4.27. The van der Waals surface area contributed by atoms with Crippen molar-refractivity contribution >= 4 is 0 Å². The molecule has 3 heteroatoms. The molecule has 1 aliphatic heterocycles. The molecule has 1 unspecified atom stereocenters. The third-order valence-electron chi connectivity index (χ3n) is 4.80. The molecular weight excluding hydrogens is 248 g/mol. The van der Waals surface area contributed by atoms with Gasteiger partial charge >= 0.3 is 0 Å². The first kappa shape index (κ1) is 13.9. The van der Waals surface area contributed by atoms with Crippen molar-refractivity contribution in [3.8, 4) is 5.75 Å². The van der Waals surface area contributed by atoms with Crippen LogP contribution in [0.1, 0.15) is 30.9 Å². The quantitative estimate of drug-likeness (QED) is 0.891. The number of ether oxygens (including phenoxy) is 1. The molecule has 2 aliphatic rings. The standard InChI is InChI=1S/C17H26N2O/c1-3-8-19(16-11-18-12-16)15-6-4-13-5-7-17(20-2)10-14(13)9-15/h5,7,10,15-16,18H,3-4,6,8-9,11-12H2,1-2H3. The van der Waals surface area contributed by atoms with Gasteiger partial charge in [-0.15, -0.1) is 0 Å². The minimum Gasteiger partial charge on any atom is -0.497 e. The van der Waals surface area contributed by atoms with E-state index in [1.165, 1.54) is 56.4 Å². The zero-order valence-corrected chi connectivity index (χ0v) is 12.7. The van der Waals surface area contributed by atoms with Crippen LogP contribution in [0.25, 0.3) is 0 Å². The van der Waals surface area contributed by atoms with Gasteiger partial charge in [0.05, 0.1) is 7.11 Å². The molecule has 3 nitrogen and oxygen atoms in total. The van der Waals surface area contributed by atoms with Gasteiger partial charge < -0.3 is 10.1 Å². The fraction of sp³-hybridized carbons (Fsp3) is 0.647. The molecule has 1 atom stereocenters. The third-order valence-corrected chi connectivity index (χ3v) is 4.80. The van der Waals surface area contributed by atoms with E-state index in [1.807, 2.05) is 0 Å². The second kappa shape index (κ2) is 6.15. The van der Waals surface area contributed by atoms with Crippen LogP contribution in [-0.2, 0) is 12.8 Å². The molecule has 3 rings (SSSR count). The number of aryl methyl sites for hydroxylation is 1. The van der Waals surface area contributed by atoms with Crippen LogP contribution in [0, 0.1) is 0 Å². The summed E-state index contributed by atoms with van der Waals surface area (Å²) in [5.41, 5.74) is 3.01. The number of fused-ring (bicyclic) bond motifs is 1.